The van der Waals surface area contributed by atoms with Gasteiger partial charge in [0.15, 0.2) is 0 Å². The Morgan fingerprint density at radius 1 is 1.17 bits per heavy atom. The lowest BCUT2D eigenvalue weighted by Crippen LogP contribution is -2.10. The summed E-state index contributed by atoms with van der Waals surface area (Å²) in [6.07, 6.45) is 6.46. The minimum Gasteiger partial charge on any atom is -0.0877 e. The van der Waals surface area contributed by atoms with Crippen LogP contribution in [0.1, 0.15) is 50.3 Å². The molecule has 1 atom stereocenters. The Hall–Kier alpha value is -1.30. The molecule has 0 saturated carbocycles. The van der Waals surface area contributed by atoms with Gasteiger partial charge >= 0.3 is 0 Å². The molecule has 18 heavy (non-hydrogen) atoms. The third-order valence-electron chi connectivity index (χ3n) is 3.69. The van der Waals surface area contributed by atoms with E-state index in [1.165, 1.54) is 22.3 Å². The summed E-state index contributed by atoms with van der Waals surface area (Å²) in [5.41, 5.74) is 5.74. The fourth-order valence-electron chi connectivity index (χ4n) is 2.59. The van der Waals surface area contributed by atoms with Crippen molar-refractivity contribution < 1.29 is 0 Å². The first kappa shape index (κ1) is 14.8. The summed E-state index contributed by atoms with van der Waals surface area (Å²) in [7, 11) is 0. The van der Waals surface area contributed by atoms with E-state index >= 15 is 0 Å². The topological polar surface area (TPSA) is 0 Å². The molecule has 0 aliphatic heterocycles. The third kappa shape index (κ3) is 3.35. The number of rotatable bonds is 4. The summed E-state index contributed by atoms with van der Waals surface area (Å²) in [6.45, 7) is 13.3. The largest absolute Gasteiger partial charge is 0.0877 e. The fraction of sp³-hybridized carbons (Fsp3) is 0.444. The molecule has 0 N–H and O–H groups in total. The van der Waals surface area contributed by atoms with Crippen LogP contribution in [-0.2, 0) is 0 Å². The molecule has 1 aromatic rings. The SMILES string of the molecule is CC=CC=C(C)C(c1cccc(C)c1C)C(C)C. The van der Waals surface area contributed by atoms with Crippen LogP contribution in [0.2, 0.25) is 0 Å². The van der Waals surface area contributed by atoms with Crippen molar-refractivity contribution in [2.75, 3.05) is 0 Å². The Balaban J connectivity index is 3.25. The first-order valence-corrected chi connectivity index (χ1v) is 6.84. The number of hydrogen-bond donors (Lipinski definition) is 0. The van der Waals surface area contributed by atoms with Gasteiger partial charge in [-0.3, -0.25) is 0 Å². The van der Waals surface area contributed by atoms with Crippen LogP contribution in [-0.4, -0.2) is 0 Å². The van der Waals surface area contributed by atoms with Gasteiger partial charge in [0.25, 0.3) is 0 Å². The monoisotopic (exact) mass is 242 g/mol. The molecule has 0 radical (unpaired) electrons. The van der Waals surface area contributed by atoms with Crippen molar-refractivity contribution in [1.29, 1.82) is 0 Å². The summed E-state index contributed by atoms with van der Waals surface area (Å²) in [5.74, 6) is 1.13. The van der Waals surface area contributed by atoms with Gasteiger partial charge in [0.2, 0.25) is 0 Å². The lowest BCUT2D eigenvalue weighted by Gasteiger charge is -2.25. The Morgan fingerprint density at radius 3 is 2.39 bits per heavy atom. The van der Waals surface area contributed by atoms with Crippen LogP contribution >= 0.6 is 0 Å². The van der Waals surface area contributed by atoms with Gasteiger partial charge in [0.1, 0.15) is 0 Å². The van der Waals surface area contributed by atoms with Crippen LogP contribution in [0.5, 0.6) is 0 Å². The van der Waals surface area contributed by atoms with E-state index in [0.717, 1.165) is 0 Å². The second-order valence-corrected chi connectivity index (χ2v) is 5.45. The summed E-state index contributed by atoms with van der Waals surface area (Å²) < 4.78 is 0. The Labute approximate surface area is 112 Å². The molecule has 0 amide bonds. The quantitative estimate of drug-likeness (QED) is 0.606. The van der Waals surface area contributed by atoms with Gasteiger partial charge in [-0.15, -0.1) is 0 Å². The van der Waals surface area contributed by atoms with E-state index in [1.807, 2.05) is 0 Å². The molecule has 1 aromatic carbocycles. The predicted molar refractivity (Wildman–Crippen MR) is 82.1 cm³/mol. The molecule has 0 fully saturated rings. The zero-order valence-corrected chi connectivity index (χ0v) is 12.6. The molecule has 0 saturated heterocycles. The maximum absolute atomic E-state index is 2.31. The normalized spacial score (nSPS) is 14.5. The van der Waals surface area contributed by atoms with Crippen LogP contribution in [0.3, 0.4) is 0 Å². The highest BCUT2D eigenvalue weighted by molar-refractivity contribution is 5.40. The Morgan fingerprint density at radius 2 is 1.83 bits per heavy atom. The minimum absolute atomic E-state index is 0.515. The number of hydrogen-bond acceptors (Lipinski definition) is 0. The van der Waals surface area contributed by atoms with Gasteiger partial charge in [-0.05, 0) is 50.3 Å². The predicted octanol–water partition coefficient (Wildman–Crippen LogP) is 5.57. The van der Waals surface area contributed by atoms with Gasteiger partial charge in [-0.25, -0.2) is 0 Å². The van der Waals surface area contributed by atoms with Crippen LogP contribution in [0.4, 0.5) is 0 Å². The van der Waals surface area contributed by atoms with E-state index in [0.29, 0.717) is 11.8 Å². The van der Waals surface area contributed by atoms with Gasteiger partial charge in [0.05, 0.1) is 0 Å². The molecule has 0 bridgehead atoms. The maximum atomic E-state index is 2.31. The van der Waals surface area contributed by atoms with Crippen molar-refractivity contribution in [2.45, 2.75) is 47.5 Å². The van der Waals surface area contributed by atoms with E-state index in [2.05, 4.69) is 78.0 Å². The number of allylic oxidation sites excluding steroid dienone is 4. The molecule has 1 unspecified atom stereocenters. The van der Waals surface area contributed by atoms with Crippen LogP contribution < -0.4 is 0 Å². The zero-order valence-electron chi connectivity index (χ0n) is 12.6. The molecule has 0 aromatic heterocycles. The van der Waals surface area contributed by atoms with Gasteiger partial charge < -0.3 is 0 Å². The van der Waals surface area contributed by atoms with Gasteiger partial charge in [-0.1, -0.05) is 55.8 Å². The summed E-state index contributed by atoms with van der Waals surface area (Å²) >= 11 is 0. The fourth-order valence-corrected chi connectivity index (χ4v) is 2.59. The standard InChI is InChI=1S/C18H26/c1-7-8-10-15(5)18(13(2)3)17-12-9-11-14(4)16(17)6/h7-13,18H,1-6H3. The summed E-state index contributed by atoms with van der Waals surface area (Å²) in [4.78, 5) is 0. The van der Waals surface area contributed by atoms with E-state index in [-0.39, 0.29) is 0 Å². The first-order valence-electron chi connectivity index (χ1n) is 6.84. The second-order valence-electron chi connectivity index (χ2n) is 5.45. The smallest absolute Gasteiger partial charge is 0.00742 e. The summed E-state index contributed by atoms with van der Waals surface area (Å²) in [5, 5.41) is 0. The zero-order chi connectivity index (χ0) is 13.7. The molecule has 0 heteroatoms. The van der Waals surface area contributed by atoms with Crippen LogP contribution in [0, 0.1) is 19.8 Å². The average Bonchev–Trinajstić information content (AvgIpc) is 2.32. The van der Waals surface area contributed by atoms with Gasteiger partial charge in [0, 0.05) is 5.92 Å². The lowest BCUT2D eigenvalue weighted by atomic mass is 9.80. The van der Waals surface area contributed by atoms with Gasteiger partial charge in [-0.2, -0.15) is 0 Å². The molecule has 0 nitrogen and oxygen atoms in total. The molecule has 0 heterocycles. The van der Waals surface area contributed by atoms with E-state index in [4.69, 9.17) is 0 Å². The Bertz CT molecular complexity index is 447. The molecule has 0 aliphatic rings. The van der Waals surface area contributed by atoms with Crippen molar-refractivity contribution in [1.82, 2.24) is 0 Å². The lowest BCUT2D eigenvalue weighted by molar-refractivity contribution is 0.552. The van der Waals surface area contributed by atoms with Crippen molar-refractivity contribution in [3.8, 4) is 0 Å². The third-order valence-corrected chi connectivity index (χ3v) is 3.69. The number of aryl methyl sites for hydroxylation is 1. The highest BCUT2D eigenvalue weighted by Crippen LogP contribution is 2.34. The molecule has 0 spiro atoms. The minimum atomic E-state index is 0.515. The highest BCUT2D eigenvalue weighted by Gasteiger charge is 2.19. The van der Waals surface area contributed by atoms with E-state index in [1.54, 1.807) is 0 Å². The molecule has 98 valence electrons. The number of benzene rings is 1. The van der Waals surface area contributed by atoms with Crippen molar-refractivity contribution >= 4 is 0 Å². The second kappa shape index (κ2) is 6.58. The molecule has 0 aliphatic carbocycles. The highest BCUT2D eigenvalue weighted by atomic mass is 14.2. The average molecular weight is 242 g/mol. The molecular weight excluding hydrogens is 216 g/mol. The van der Waals surface area contributed by atoms with Crippen molar-refractivity contribution in [3.05, 3.63) is 58.7 Å². The van der Waals surface area contributed by atoms with Crippen molar-refractivity contribution in [2.24, 2.45) is 5.92 Å². The maximum Gasteiger partial charge on any atom is 0.00742 e. The molecule has 1 rings (SSSR count). The van der Waals surface area contributed by atoms with Crippen LogP contribution in [0.15, 0.2) is 42.0 Å². The summed E-state index contributed by atoms with van der Waals surface area (Å²) in [6, 6.07) is 6.65. The van der Waals surface area contributed by atoms with Crippen molar-refractivity contribution in [3.63, 3.8) is 0 Å². The molecular formula is C18H26. The van der Waals surface area contributed by atoms with Crippen LogP contribution in [0.25, 0.3) is 0 Å². The van der Waals surface area contributed by atoms with E-state index in [9.17, 15) is 0 Å². The first-order chi connectivity index (χ1) is 8.49. The Kier molecular flexibility index (Phi) is 5.40. The van der Waals surface area contributed by atoms with E-state index < -0.39 is 0 Å².